The van der Waals surface area contributed by atoms with Crippen LogP contribution in [0.3, 0.4) is 0 Å². The van der Waals surface area contributed by atoms with E-state index < -0.39 is 0 Å². The van der Waals surface area contributed by atoms with Gasteiger partial charge in [0.05, 0.1) is 0 Å². The molecule has 3 nitrogen and oxygen atoms in total. The largest absolute Gasteiger partial charge is 0.399 e. The van der Waals surface area contributed by atoms with E-state index >= 15 is 0 Å². The quantitative estimate of drug-likeness (QED) is 0.811. The highest BCUT2D eigenvalue weighted by Gasteiger charge is 2.18. The molecule has 1 aromatic carbocycles. The second-order valence-corrected chi connectivity index (χ2v) is 6.55. The van der Waals surface area contributed by atoms with E-state index in [0.29, 0.717) is 35.5 Å². The molecule has 0 bridgehead atoms. The average Bonchev–Trinajstić information content (AvgIpc) is 2.26. The summed E-state index contributed by atoms with van der Waals surface area (Å²) < 4.78 is 0.821. The molecule has 19 heavy (non-hydrogen) atoms. The summed E-state index contributed by atoms with van der Waals surface area (Å²) in [4.78, 5) is 12.1. The van der Waals surface area contributed by atoms with Crippen LogP contribution >= 0.6 is 15.9 Å². The minimum atomic E-state index is -0.0701. The SMILES string of the molecule is CC(C)C(CNC(=O)c1cc(N)cc(Br)c1)C(C)C. The number of hydrogen-bond acceptors (Lipinski definition) is 2. The van der Waals surface area contributed by atoms with Crippen LogP contribution in [0, 0.1) is 17.8 Å². The molecule has 0 heterocycles. The molecule has 0 saturated carbocycles. The van der Waals surface area contributed by atoms with Crippen molar-refractivity contribution in [2.45, 2.75) is 27.7 Å². The Hall–Kier alpha value is -1.03. The van der Waals surface area contributed by atoms with E-state index in [1.165, 1.54) is 0 Å². The summed E-state index contributed by atoms with van der Waals surface area (Å²) in [7, 11) is 0. The summed E-state index contributed by atoms with van der Waals surface area (Å²) in [6, 6.07) is 5.26. The molecule has 0 spiro atoms. The predicted molar refractivity (Wildman–Crippen MR) is 84.1 cm³/mol. The van der Waals surface area contributed by atoms with Crippen LogP contribution in [0.2, 0.25) is 0 Å². The Balaban J connectivity index is 2.69. The molecular weight excluding hydrogens is 304 g/mol. The number of carbonyl (C=O) groups is 1. The van der Waals surface area contributed by atoms with Crippen molar-refractivity contribution in [3.05, 3.63) is 28.2 Å². The van der Waals surface area contributed by atoms with Gasteiger partial charge in [0.15, 0.2) is 0 Å². The van der Waals surface area contributed by atoms with Crippen LogP contribution in [-0.2, 0) is 0 Å². The molecule has 0 aromatic heterocycles. The van der Waals surface area contributed by atoms with Gasteiger partial charge in [-0.2, -0.15) is 0 Å². The number of anilines is 1. The first-order valence-corrected chi connectivity index (χ1v) is 7.44. The molecule has 0 aliphatic carbocycles. The highest BCUT2D eigenvalue weighted by Crippen LogP contribution is 2.20. The number of halogens is 1. The minimum Gasteiger partial charge on any atom is -0.399 e. The van der Waals surface area contributed by atoms with Crippen molar-refractivity contribution in [3.8, 4) is 0 Å². The van der Waals surface area contributed by atoms with Gasteiger partial charge in [0.2, 0.25) is 0 Å². The lowest BCUT2D eigenvalue weighted by atomic mass is 9.85. The number of rotatable bonds is 5. The highest BCUT2D eigenvalue weighted by atomic mass is 79.9. The number of benzene rings is 1. The number of nitrogens with two attached hydrogens (primary N) is 1. The van der Waals surface area contributed by atoms with Crippen LogP contribution in [0.1, 0.15) is 38.1 Å². The maximum atomic E-state index is 12.1. The fraction of sp³-hybridized carbons (Fsp3) is 0.533. The summed E-state index contributed by atoms with van der Waals surface area (Å²) in [5, 5.41) is 3.00. The summed E-state index contributed by atoms with van der Waals surface area (Å²) in [6.45, 7) is 9.45. The molecule has 0 saturated heterocycles. The van der Waals surface area contributed by atoms with Gasteiger partial charge in [-0.15, -0.1) is 0 Å². The van der Waals surface area contributed by atoms with Gasteiger partial charge in [0, 0.05) is 22.3 Å². The number of nitrogens with one attached hydrogen (secondary N) is 1. The van der Waals surface area contributed by atoms with Crippen molar-refractivity contribution in [2.24, 2.45) is 17.8 Å². The first-order valence-electron chi connectivity index (χ1n) is 6.65. The highest BCUT2D eigenvalue weighted by molar-refractivity contribution is 9.10. The lowest BCUT2D eigenvalue weighted by molar-refractivity contribution is 0.0937. The normalized spacial score (nSPS) is 11.4. The Labute approximate surface area is 124 Å². The topological polar surface area (TPSA) is 55.1 Å². The monoisotopic (exact) mass is 326 g/mol. The molecule has 1 rings (SSSR count). The summed E-state index contributed by atoms with van der Waals surface area (Å²) in [6.07, 6.45) is 0. The Kier molecular flexibility index (Phi) is 5.85. The van der Waals surface area contributed by atoms with Crippen LogP contribution < -0.4 is 11.1 Å². The van der Waals surface area contributed by atoms with E-state index in [-0.39, 0.29) is 5.91 Å². The van der Waals surface area contributed by atoms with E-state index in [1.807, 2.05) is 0 Å². The molecule has 4 heteroatoms. The summed E-state index contributed by atoms with van der Waals surface area (Å²) >= 11 is 3.35. The third kappa shape index (κ3) is 4.86. The van der Waals surface area contributed by atoms with Crippen molar-refractivity contribution < 1.29 is 4.79 Å². The molecule has 1 amide bonds. The third-order valence-electron chi connectivity index (χ3n) is 3.39. The van der Waals surface area contributed by atoms with Crippen molar-refractivity contribution in [1.29, 1.82) is 0 Å². The van der Waals surface area contributed by atoms with Crippen molar-refractivity contribution in [1.82, 2.24) is 5.32 Å². The zero-order valence-corrected chi connectivity index (χ0v) is 13.6. The van der Waals surface area contributed by atoms with Gasteiger partial charge < -0.3 is 11.1 Å². The van der Waals surface area contributed by atoms with Crippen molar-refractivity contribution >= 4 is 27.5 Å². The number of hydrogen-bond donors (Lipinski definition) is 2. The van der Waals surface area contributed by atoms with Gasteiger partial charge in [-0.3, -0.25) is 4.79 Å². The van der Waals surface area contributed by atoms with E-state index in [0.717, 1.165) is 4.47 Å². The number of amides is 1. The fourth-order valence-corrected chi connectivity index (χ4v) is 2.81. The molecule has 0 atom stereocenters. The van der Waals surface area contributed by atoms with Crippen LogP contribution in [0.4, 0.5) is 5.69 Å². The minimum absolute atomic E-state index is 0.0701. The number of nitrogen functional groups attached to an aromatic ring is 1. The second-order valence-electron chi connectivity index (χ2n) is 5.64. The smallest absolute Gasteiger partial charge is 0.251 e. The van der Waals surface area contributed by atoms with Crippen LogP contribution in [0.25, 0.3) is 0 Å². The molecule has 106 valence electrons. The lowest BCUT2D eigenvalue weighted by Crippen LogP contribution is -2.34. The first kappa shape index (κ1) is 16.0. The summed E-state index contributed by atoms with van der Waals surface area (Å²) in [5.74, 6) is 1.51. The Morgan fingerprint density at radius 2 is 1.79 bits per heavy atom. The molecular formula is C15H23BrN2O. The molecule has 0 fully saturated rings. The van der Waals surface area contributed by atoms with Gasteiger partial charge >= 0.3 is 0 Å². The standard InChI is InChI=1S/C15H23BrN2O/c1-9(2)14(10(3)4)8-18-15(19)11-5-12(16)7-13(17)6-11/h5-7,9-10,14H,8,17H2,1-4H3,(H,18,19). The van der Waals surface area contributed by atoms with Gasteiger partial charge in [-0.25, -0.2) is 0 Å². The molecule has 0 radical (unpaired) electrons. The Morgan fingerprint density at radius 1 is 1.21 bits per heavy atom. The second kappa shape index (κ2) is 6.94. The molecule has 3 N–H and O–H groups in total. The summed E-state index contributed by atoms with van der Waals surface area (Å²) in [5.41, 5.74) is 6.92. The van der Waals surface area contributed by atoms with Crippen LogP contribution in [0.5, 0.6) is 0 Å². The predicted octanol–water partition coefficient (Wildman–Crippen LogP) is 3.69. The number of carbonyl (C=O) groups excluding carboxylic acids is 1. The van der Waals surface area contributed by atoms with Gasteiger partial charge in [0.25, 0.3) is 5.91 Å². The maximum Gasteiger partial charge on any atom is 0.251 e. The van der Waals surface area contributed by atoms with E-state index in [4.69, 9.17) is 5.73 Å². The Bertz CT molecular complexity index is 416. The van der Waals surface area contributed by atoms with E-state index in [2.05, 4.69) is 48.9 Å². The van der Waals surface area contributed by atoms with Crippen molar-refractivity contribution in [3.63, 3.8) is 0 Å². The molecule has 0 aliphatic rings. The van der Waals surface area contributed by atoms with E-state index in [1.54, 1.807) is 18.2 Å². The molecule has 1 aromatic rings. The van der Waals surface area contributed by atoms with Crippen LogP contribution in [-0.4, -0.2) is 12.5 Å². The third-order valence-corrected chi connectivity index (χ3v) is 3.85. The molecule has 0 unspecified atom stereocenters. The van der Waals surface area contributed by atoms with Gasteiger partial charge in [0.1, 0.15) is 0 Å². The van der Waals surface area contributed by atoms with E-state index in [9.17, 15) is 4.79 Å². The molecule has 0 aliphatic heterocycles. The van der Waals surface area contributed by atoms with Gasteiger partial charge in [-0.1, -0.05) is 43.6 Å². The zero-order valence-electron chi connectivity index (χ0n) is 12.0. The Morgan fingerprint density at radius 3 is 2.26 bits per heavy atom. The average molecular weight is 327 g/mol. The maximum absolute atomic E-state index is 12.1. The van der Waals surface area contributed by atoms with Gasteiger partial charge in [-0.05, 0) is 36.0 Å². The first-order chi connectivity index (χ1) is 8.81. The van der Waals surface area contributed by atoms with Crippen molar-refractivity contribution in [2.75, 3.05) is 12.3 Å². The lowest BCUT2D eigenvalue weighted by Gasteiger charge is -2.25. The fourth-order valence-electron chi connectivity index (χ4n) is 2.30. The van der Waals surface area contributed by atoms with Crippen LogP contribution in [0.15, 0.2) is 22.7 Å². The zero-order chi connectivity index (χ0) is 14.6.